The highest BCUT2D eigenvalue weighted by atomic mass is 35.5. The minimum atomic E-state index is -0.401. The van der Waals surface area contributed by atoms with Crippen LogP contribution in [0.25, 0.3) is 0 Å². The molecule has 120 valence electrons. The summed E-state index contributed by atoms with van der Waals surface area (Å²) < 4.78 is 6.99. The van der Waals surface area contributed by atoms with Crippen molar-refractivity contribution in [2.75, 3.05) is 26.8 Å². The van der Waals surface area contributed by atoms with Gasteiger partial charge in [0.25, 0.3) is 5.91 Å². The van der Waals surface area contributed by atoms with Crippen LogP contribution in [0.5, 0.6) is 0 Å². The Balaban J connectivity index is 0.00000220. The highest BCUT2D eigenvalue weighted by Crippen LogP contribution is 2.16. The number of piperidine rings is 1. The summed E-state index contributed by atoms with van der Waals surface area (Å²) in [5.41, 5.74) is 0.0573. The molecule has 1 saturated heterocycles. The van der Waals surface area contributed by atoms with E-state index < -0.39 is 5.54 Å². The highest BCUT2D eigenvalue weighted by Gasteiger charge is 2.23. The summed E-state index contributed by atoms with van der Waals surface area (Å²) >= 11 is 0. The lowest BCUT2D eigenvalue weighted by molar-refractivity contribution is 0.0814. The standard InChI is InChI=1S/C14H24N4O2.ClH/c1-14(2,10-20-3)16-13(19)12-6-8-18(17-12)11-5-4-7-15-9-11;/h6,8,11,15H,4-5,7,9-10H2,1-3H3,(H,16,19);1H. The normalized spacial score (nSPS) is 18.9. The van der Waals surface area contributed by atoms with Crippen LogP contribution in [0.1, 0.15) is 43.2 Å². The molecule has 0 aliphatic carbocycles. The zero-order chi connectivity index (χ0) is 14.6. The Morgan fingerprint density at radius 1 is 1.62 bits per heavy atom. The van der Waals surface area contributed by atoms with E-state index in [4.69, 9.17) is 4.74 Å². The van der Waals surface area contributed by atoms with Crippen LogP contribution in [0.3, 0.4) is 0 Å². The van der Waals surface area contributed by atoms with Gasteiger partial charge in [-0.1, -0.05) is 0 Å². The SMILES string of the molecule is COCC(C)(C)NC(=O)c1ccn(C2CCCNC2)n1.Cl. The lowest BCUT2D eigenvalue weighted by atomic mass is 10.1. The van der Waals surface area contributed by atoms with Crippen LogP contribution in [0, 0.1) is 0 Å². The van der Waals surface area contributed by atoms with Gasteiger partial charge in [-0.2, -0.15) is 5.10 Å². The zero-order valence-corrected chi connectivity index (χ0v) is 13.7. The fourth-order valence-corrected chi connectivity index (χ4v) is 2.49. The fourth-order valence-electron chi connectivity index (χ4n) is 2.49. The second kappa shape index (κ2) is 7.77. The molecule has 7 heteroatoms. The highest BCUT2D eigenvalue weighted by molar-refractivity contribution is 5.92. The molecule has 2 N–H and O–H groups in total. The molecule has 1 aliphatic rings. The van der Waals surface area contributed by atoms with Crippen LogP contribution >= 0.6 is 12.4 Å². The van der Waals surface area contributed by atoms with Gasteiger partial charge in [-0.15, -0.1) is 12.4 Å². The van der Waals surface area contributed by atoms with Crippen molar-refractivity contribution in [2.45, 2.75) is 38.3 Å². The number of hydrogen-bond acceptors (Lipinski definition) is 4. The first-order valence-electron chi connectivity index (χ1n) is 7.09. The predicted octanol–water partition coefficient (Wildman–Crippen LogP) is 1.38. The Kier molecular flexibility index (Phi) is 6.64. The van der Waals surface area contributed by atoms with E-state index in [1.165, 1.54) is 0 Å². The molecule has 0 aromatic carbocycles. The summed E-state index contributed by atoms with van der Waals surface area (Å²) in [6.45, 7) is 6.30. The van der Waals surface area contributed by atoms with Crippen molar-refractivity contribution in [1.82, 2.24) is 20.4 Å². The molecule has 1 aromatic rings. The number of hydrogen-bond donors (Lipinski definition) is 2. The van der Waals surface area contributed by atoms with Crippen molar-refractivity contribution in [3.05, 3.63) is 18.0 Å². The minimum absolute atomic E-state index is 0. The van der Waals surface area contributed by atoms with E-state index in [-0.39, 0.29) is 18.3 Å². The van der Waals surface area contributed by atoms with Gasteiger partial charge in [0.1, 0.15) is 5.69 Å². The Hall–Kier alpha value is -1.11. The number of carbonyl (C=O) groups excluding carboxylic acids is 1. The van der Waals surface area contributed by atoms with Gasteiger partial charge in [0.15, 0.2) is 0 Å². The van der Waals surface area contributed by atoms with Crippen LogP contribution < -0.4 is 10.6 Å². The van der Waals surface area contributed by atoms with Crippen molar-refractivity contribution >= 4 is 18.3 Å². The molecule has 0 saturated carbocycles. The van der Waals surface area contributed by atoms with Gasteiger partial charge in [-0.3, -0.25) is 9.48 Å². The summed E-state index contributed by atoms with van der Waals surface area (Å²) in [6.07, 6.45) is 4.13. The number of rotatable bonds is 5. The van der Waals surface area contributed by atoms with Crippen LogP contribution in [0.2, 0.25) is 0 Å². The Morgan fingerprint density at radius 2 is 2.38 bits per heavy atom. The average molecular weight is 317 g/mol. The molecule has 1 unspecified atom stereocenters. The van der Waals surface area contributed by atoms with Gasteiger partial charge in [0, 0.05) is 19.9 Å². The second-order valence-electron chi connectivity index (χ2n) is 5.95. The monoisotopic (exact) mass is 316 g/mol. The molecule has 1 fully saturated rings. The Bertz CT molecular complexity index is 456. The number of halogens is 1. The third-order valence-corrected chi connectivity index (χ3v) is 3.44. The molecule has 1 aromatic heterocycles. The van der Waals surface area contributed by atoms with E-state index in [1.807, 2.05) is 24.7 Å². The maximum Gasteiger partial charge on any atom is 0.272 e. The van der Waals surface area contributed by atoms with Crippen LogP contribution in [-0.2, 0) is 4.74 Å². The number of nitrogens with zero attached hydrogens (tertiary/aromatic N) is 2. The van der Waals surface area contributed by atoms with E-state index in [2.05, 4.69) is 15.7 Å². The molecule has 2 heterocycles. The van der Waals surface area contributed by atoms with Crippen molar-refractivity contribution in [3.63, 3.8) is 0 Å². The summed E-state index contributed by atoms with van der Waals surface area (Å²) in [5, 5.41) is 10.7. The molecule has 1 aliphatic heterocycles. The van der Waals surface area contributed by atoms with Gasteiger partial charge in [-0.05, 0) is 39.3 Å². The van der Waals surface area contributed by atoms with Crippen molar-refractivity contribution in [3.8, 4) is 0 Å². The number of aromatic nitrogens is 2. The number of carbonyl (C=O) groups is 1. The van der Waals surface area contributed by atoms with Gasteiger partial charge in [-0.25, -0.2) is 0 Å². The second-order valence-corrected chi connectivity index (χ2v) is 5.95. The summed E-state index contributed by atoms with van der Waals surface area (Å²) in [7, 11) is 1.62. The molecule has 0 bridgehead atoms. The Morgan fingerprint density at radius 3 is 3.00 bits per heavy atom. The third-order valence-electron chi connectivity index (χ3n) is 3.44. The molecule has 2 rings (SSSR count). The number of ether oxygens (including phenoxy) is 1. The zero-order valence-electron chi connectivity index (χ0n) is 12.9. The molecular weight excluding hydrogens is 292 g/mol. The van der Waals surface area contributed by atoms with E-state index in [1.54, 1.807) is 13.2 Å². The number of amides is 1. The van der Waals surface area contributed by atoms with Gasteiger partial charge in [0.05, 0.1) is 18.2 Å². The van der Waals surface area contributed by atoms with Crippen LogP contribution in [-0.4, -0.2) is 48.0 Å². The molecule has 21 heavy (non-hydrogen) atoms. The first-order chi connectivity index (χ1) is 9.52. The molecule has 0 radical (unpaired) electrons. The van der Waals surface area contributed by atoms with E-state index >= 15 is 0 Å². The lowest BCUT2D eigenvalue weighted by Gasteiger charge is -2.25. The van der Waals surface area contributed by atoms with E-state index in [0.29, 0.717) is 18.3 Å². The van der Waals surface area contributed by atoms with Crippen molar-refractivity contribution in [1.29, 1.82) is 0 Å². The van der Waals surface area contributed by atoms with E-state index in [9.17, 15) is 4.79 Å². The summed E-state index contributed by atoms with van der Waals surface area (Å²) in [4.78, 5) is 12.2. The number of methoxy groups -OCH3 is 1. The van der Waals surface area contributed by atoms with Gasteiger partial charge >= 0.3 is 0 Å². The molecule has 6 nitrogen and oxygen atoms in total. The van der Waals surface area contributed by atoms with Gasteiger partial charge < -0.3 is 15.4 Å². The van der Waals surface area contributed by atoms with Crippen LogP contribution in [0.4, 0.5) is 0 Å². The molecular formula is C14H25ClN4O2. The summed E-state index contributed by atoms with van der Waals surface area (Å²) in [6, 6.07) is 2.12. The molecule has 1 amide bonds. The van der Waals surface area contributed by atoms with Crippen molar-refractivity contribution < 1.29 is 9.53 Å². The average Bonchev–Trinajstić information content (AvgIpc) is 2.88. The number of nitrogens with one attached hydrogen (secondary N) is 2. The van der Waals surface area contributed by atoms with Crippen LogP contribution in [0.15, 0.2) is 12.3 Å². The summed E-state index contributed by atoms with van der Waals surface area (Å²) in [5.74, 6) is -0.158. The first-order valence-corrected chi connectivity index (χ1v) is 7.09. The largest absolute Gasteiger partial charge is 0.382 e. The third kappa shape index (κ3) is 4.98. The first kappa shape index (κ1) is 17.9. The maximum atomic E-state index is 12.2. The quantitative estimate of drug-likeness (QED) is 0.861. The molecule has 0 spiro atoms. The van der Waals surface area contributed by atoms with E-state index in [0.717, 1.165) is 25.9 Å². The smallest absolute Gasteiger partial charge is 0.272 e. The topological polar surface area (TPSA) is 68.2 Å². The predicted molar refractivity (Wildman–Crippen MR) is 84.0 cm³/mol. The lowest BCUT2D eigenvalue weighted by Crippen LogP contribution is -2.47. The minimum Gasteiger partial charge on any atom is -0.382 e. The van der Waals surface area contributed by atoms with Crippen molar-refractivity contribution in [2.24, 2.45) is 0 Å². The maximum absolute atomic E-state index is 12.2. The molecule has 1 atom stereocenters. The fraction of sp³-hybridized carbons (Fsp3) is 0.714. The van der Waals surface area contributed by atoms with Gasteiger partial charge in [0.2, 0.25) is 0 Å². The Labute approximate surface area is 132 Å².